The first-order chi connectivity index (χ1) is 10.2. The minimum absolute atomic E-state index is 0. The predicted molar refractivity (Wildman–Crippen MR) is 100 cm³/mol. The fourth-order valence-corrected chi connectivity index (χ4v) is 1.22. The molecule has 0 atom stereocenters. The number of pyridine rings is 1. The Morgan fingerprint density at radius 3 is 1.79 bits per heavy atom. The van der Waals surface area contributed by atoms with Gasteiger partial charge in [0, 0.05) is 6.20 Å². The molecule has 0 bridgehead atoms. The molecule has 0 saturated heterocycles. The van der Waals surface area contributed by atoms with Gasteiger partial charge in [0.1, 0.15) is 0 Å². The molecule has 2 rings (SSSR count). The first-order valence-electron chi connectivity index (χ1n) is 7.69. The van der Waals surface area contributed by atoms with E-state index in [-0.39, 0.29) is 48.7 Å². The van der Waals surface area contributed by atoms with Crippen LogP contribution in [0.5, 0.6) is 0 Å². The Kier molecular flexibility index (Phi) is 29.2. The Morgan fingerprint density at radius 1 is 0.875 bits per heavy atom. The maximum atomic E-state index is 4.33. The predicted octanol–water partition coefficient (Wildman–Crippen LogP) is -0.400. The van der Waals surface area contributed by atoms with Crippen LogP contribution in [0.3, 0.4) is 0 Å². The second kappa shape index (κ2) is 22.4. The van der Waals surface area contributed by atoms with Crippen molar-refractivity contribution < 1.29 is 24.8 Å². The number of benzene rings is 1. The number of halogens is 2. The summed E-state index contributed by atoms with van der Waals surface area (Å²) in [6, 6.07) is 13.9. The van der Waals surface area contributed by atoms with Crippen molar-refractivity contribution >= 4 is 35.8 Å². The minimum atomic E-state index is 0. The molecule has 2 nitrogen and oxygen atoms in total. The molecule has 130 valence electrons. The largest absolute Gasteiger partial charge is 4.00 e. The van der Waals surface area contributed by atoms with Crippen molar-refractivity contribution in [1.29, 1.82) is 0 Å². The summed E-state index contributed by atoms with van der Waals surface area (Å²) in [5.74, 6) is 0. The number of hydrogen-bond donors (Lipinski definition) is 0. The van der Waals surface area contributed by atoms with Crippen molar-refractivity contribution in [1.82, 2.24) is 4.98 Å². The average Bonchev–Trinajstić information content (AvgIpc) is 2.49. The van der Waals surface area contributed by atoms with Gasteiger partial charge in [-0.25, -0.2) is 0 Å². The van der Waals surface area contributed by atoms with Crippen LogP contribution in [-0.4, -0.2) is 35.1 Å². The van der Waals surface area contributed by atoms with E-state index in [0.29, 0.717) is 0 Å². The standard InChI is InChI=1S/C13H12N2.2C3H8.2ClH.Sn/c1-11-5-7-12(8-6-11)15-10-13-4-2-3-9-14-13;2*1-3-2;;;/h2-10H,1H3;2*3H2,1-2H3;2*1H;/q;;;;;+4/p-2. The third kappa shape index (κ3) is 17.8. The molecule has 2 aromatic rings. The summed E-state index contributed by atoms with van der Waals surface area (Å²) in [6.45, 7) is 10.6. The van der Waals surface area contributed by atoms with Crippen LogP contribution in [0.4, 0.5) is 5.69 Å². The fraction of sp³-hybridized carbons (Fsp3) is 0.368. The van der Waals surface area contributed by atoms with Crippen LogP contribution in [0.1, 0.15) is 51.8 Å². The van der Waals surface area contributed by atoms with Crippen molar-refractivity contribution in [2.24, 2.45) is 4.99 Å². The van der Waals surface area contributed by atoms with E-state index in [9.17, 15) is 0 Å². The summed E-state index contributed by atoms with van der Waals surface area (Å²) in [7, 11) is 0. The van der Waals surface area contributed by atoms with E-state index in [2.05, 4.69) is 44.6 Å². The number of rotatable bonds is 2. The van der Waals surface area contributed by atoms with Crippen LogP contribution >= 0.6 is 0 Å². The molecular formula is C19H28Cl2N2Sn+2. The molecule has 0 aliphatic heterocycles. The van der Waals surface area contributed by atoms with E-state index in [4.69, 9.17) is 0 Å². The molecule has 24 heavy (non-hydrogen) atoms. The summed E-state index contributed by atoms with van der Waals surface area (Å²) < 4.78 is 0. The van der Waals surface area contributed by atoms with Gasteiger partial charge < -0.3 is 24.8 Å². The van der Waals surface area contributed by atoms with Gasteiger partial charge >= 0.3 is 23.9 Å². The summed E-state index contributed by atoms with van der Waals surface area (Å²) in [6.07, 6.45) is 6.03. The minimum Gasteiger partial charge on any atom is -1.00 e. The topological polar surface area (TPSA) is 25.2 Å². The molecule has 0 amide bonds. The molecule has 0 aliphatic carbocycles. The average molecular weight is 474 g/mol. The van der Waals surface area contributed by atoms with Gasteiger partial charge in [0.2, 0.25) is 0 Å². The van der Waals surface area contributed by atoms with Crippen molar-refractivity contribution in [2.75, 3.05) is 0 Å². The van der Waals surface area contributed by atoms with Crippen LogP contribution in [0.2, 0.25) is 0 Å². The maximum Gasteiger partial charge on any atom is 4.00 e. The zero-order chi connectivity index (χ0) is 15.9. The van der Waals surface area contributed by atoms with Crippen molar-refractivity contribution in [3.8, 4) is 0 Å². The second-order valence-corrected chi connectivity index (χ2v) is 4.76. The smallest absolute Gasteiger partial charge is 1.00 e. The van der Waals surface area contributed by atoms with E-state index in [1.54, 1.807) is 12.4 Å². The zero-order valence-electron chi connectivity index (χ0n) is 15.3. The molecular weight excluding hydrogens is 446 g/mol. The third-order valence-electron chi connectivity index (χ3n) is 2.07. The van der Waals surface area contributed by atoms with Gasteiger partial charge in [0.25, 0.3) is 0 Å². The van der Waals surface area contributed by atoms with E-state index in [0.717, 1.165) is 11.4 Å². The Balaban J connectivity index is -0.000000197. The Labute approximate surface area is 177 Å². The first kappa shape index (κ1) is 31.2. The first-order valence-corrected chi connectivity index (χ1v) is 7.69. The Morgan fingerprint density at radius 2 is 1.38 bits per heavy atom. The van der Waals surface area contributed by atoms with Crippen LogP contribution in [-0.2, 0) is 0 Å². The second-order valence-electron chi connectivity index (χ2n) is 4.76. The number of nitrogens with zero attached hydrogens (tertiary/aromatic N) is 2. The summed E-state index contributed by atoms with van der Waals surface area (Å²) in [5, 5.41) is 0. The molecule has 1 heterocycles. The van der Waals surface area contributed by atoms with Gasteiger partial charge in [-0.05, 0) is 31.2 Å². The van der Waals surface area contributed by atoms with Crippen LogP contribution in [0.25, 0.3) is 0 Å². The number of aryl methyl sites for hydroxylation is 1. The van der Waals surface area contributed by atoms with E-state index >= 15 is 0 Å². The number of aromatic nitrogens is 1. The molecule has 0 N–H and O–H groups in total. The van der Waals surface area contributed by atoms with Crippen LogP contribution < -0.4 is 24.8 Å². The zero-order valence-corrected chi connectivity index (χ0v) is 19.6. The van der Waals surface area contributed by atoms with Gasteiger partial charge in [-0.2, -0.15) is 0 Å². The third-order valence-corrected chi connectivity index (χ3v) is 2.07. The summed E-state index contributed by atoms with van der Waals surface area (Å²) >= 11 is 0. The van der Waals surface area contributed by atoms with Gasteiger partial charge in [-0.3, -0.25) is 9.98 Å². The molecule has 1 aromatic heterocycles. The fourth-order valence-electron chi connectivity index (χ4n) is 1.22. The molecule has 0 spiro atoms. The van der Waals surface area contributed by atoms with E-state index < -0.39 is 0 Å². The number of hydrogen-bond acceptors (Lipinski definition) is 2. The van der Waals surface area contributed by atoms with Gasteiger partial charge in [0.15, 0.2) is 0 Å². The van der Waals surface area contributed by atoms with Gasteiger partial charge in [0.05, 0.1) is 17.6 Å². The maximum absolute atomic E-state index is 4.33. The molecule has 0 unspecified atom stereocenters. The molecule has 0 radical (unpaired) electrons. The number of aliphatic imine (C=N–C) groups is 1. The SMILES string of the molecule is CCC.CCC.Cc1ccc(N=Cc2ccccn2)cc1.[Cl-].[Cl-].[Sn+4]. The van der Waals surface area contributed by atoms with E-state index in [1.807, 2.05) is 42.5 Å². The summed E-state index contributed by atoms with van der Waals surface area (Å²) in [4.78, 5) is 8.49. The molecule has 1 aromatic carbocycles. The molecule has 0 aliphatic rings. The molecule has 0 fully saturated rings. The quantitative estimate of drug-likeness (QED) is 0.430. The monoisotopic (exact) mass is 474 g/mol. The van der Waals surface area contributed by atoms with Crippen LogP contribution in [0, 0.1) is 6.92 Å². The van der Waals surface area contributed by atoms with Gasteiger partial charge in [-0.15, -0.1) is 0 Å². The normalized spacial score (nSPS) is 8.21. The molecule has 5 heteroatoms. The van der Waals surface area contributed by atoms with Crippen molar-refractivity contribution in [2.45, 2.75) is 47.5 Å². The Hall–Kier alpha value is -0.581. The van der Waals surface area contributed by atoms with Crippen molar-refractivity contribution in [3.05, 3.63) is 59.9 Å². The van der Waals surface area contributed by atoms with Gasteiger partial charge in [-0.1, -0.05) is 64.3 Å². The van der Waals surface area contributed by atoms with E-state index in [1.165, 1.54) is 18.4 Å². The summed E-state index contributed by atoms with van der Waals surface area (Å²) in [5.41, 5.74) is 3.07. The Bertz CT molecular complexity index is 486. The molecule has 0 saturated carbocycles. The van der Waals surface area contributed by atoms with Crippen molar-refractivity contribution in [3.63, 3.8) is 0 Å². The van der Waals surface area contributed by atoms with Crippen LogP contribution in [0.15, 0.2) is 53.7 Å².